The smallest absolute Gasteiger partial charge is 0.416 e. The molecule has 25 heavy (non-hydrogen) atoms. The molecule has 0 saturated carbocycles. The van der Waals surface area contributed by atoms with E-state index in [0.717, 1.165) is 22.9 Å². The van der Waals surface area contributed by atoms with Crippen LogP contribution < -0.4 is 10.1 Å². The summed E-state index contributed by atoms with van der Waals surface area (Å²) in [6.45, 7) is -0.241. The number of hydrogen-bond donors (Lipinski definition) is 1. The minimum atomic E-state index is -4.40. The maximum atomic E-state index is 12.5. The van der Waals surface area contributed by atoms with E-state index in [2.05, 4.69) is 5.32 Å². The van der Waals surface area contributed by atoms with E-state index in [1.165, 1.54) is 12.1 Å². The predicted molar refractivity (Wildman–Crippen MR) is 89.5 cm³/mol. The van der Waals surface area contributed by atoms with Crippen LogP contribution in [0.2, 0.25) is 0 Å². The summed E-state index contributed by atoms with van der Waals surface area (Å²) in [4.78, 5) is 11.9. The zero-order chi connectivity index (χ0) is 17.9. The van der Waals surface area contributed by atoms with Crippen molar-refractivity contribution in [2.45, 2.75) is 6.18 Å². The van der Waals surface area contributed by atoms with Crippen LogP contribution in [-0.4, -0.2) is 12.5 Å². The van der Waals surface area contributed by atoms with E-state index in [0.29, 0.717) is 5.75 Å². The Labute approximate surface area is 142 Å². The number of rotatable bonds is 4. The molecular weight excluding hydrogens is 331 g/mol. The highest BCUT2D eigenvalue weighted by Crippen LogP contribution is 2.30. The fourth-order valence-electron chi connectivity index (χ4n) is 2.40. The summed E-state index contributed by atoms with van der Waals surface area (Å²) in [5, 5.41) is 4.38. The Hall–Kier alpha value is -3.02. The molecule has 0 aromatic heterocycles. The lowest BCUT2D eigenvalue weighted by atomic mass is 10.1. The molecule has 128 valence electrons. The second-order valence-corrected chi connectivity index (χ2v) is 5.39. The number of nitrogens with one attached hydrogen (secondary N) is 1. The molecular formula is C19H14F3NO2. The van der Waals surface area contributed by atoms with Crippen LogP contribution in [0.25, 0.3) is 10.8 Å². The third kappa shape index (κ3) is 4.09. The summed E-state index contributed by atoms with van der Waals surface area (Å²) < 4.78 is 43.1. The average molecular weight is 345 g/mol. The van der Waals surface area contributed by atoms with Crippen molar-refractivity contribution in [1.29, 1.82) is 0 Å². The highest BCUT2D eigenvalue weighted by molar-refractivity contribution is 5.93. The Balaban J connectivity index is 1.63. The van der Waals surface area contributed by atoms with Gasteiger partial charge in [-0.3, -0.25) is 4.79 Å². The molecule has 6 heteroatoms. The highest BCUT2D eigenvalue weighted by atomic mass is 19.4. The molecule has 0 bridgehead atoms. The molecule has 0 heterocycles. The summed E-state index contributed by atoms with van der Waals surface area (Å²) in [6, 6.07) is 17.4. The summed E-state index contributed by atoms with van der Waals surface area (Å²) >= 11 is 0. The van der Waals surface area contributed by atoms with Crippen molar-refractivity contribution < 1.29 is 22.7 Å². The minimum Gasteiger partial charge on any atom is -0.483 e. The second kappa shape index (κ2) is 6.84. The van der Waals surface area contributed by atoms with E-state index in [1.807, 2.05) is 36.4 Å². The van der Waals surface area contributed by atoms with Crippen molar-refractivity contribution in [2.24, 2.45) is 0 Å². The lowest BCUT2D eigenvalue weighted by Gasteiger charge is -2.11. The molecule has 0 aliphatic rings. The van der Waals surface area contributed by atoms with Crippen molar-refractivity contribution in [3.8, 4) is 5.75 Å². The van der Waals surface area contributed by atoms with E-state index >= 15 is 0 Å². The van der Waals surface area contributed by atoms with Gasteiger partial charge in [0, 0.05) is 11.1 Å². The summed E-state index contributed by atoms with van der Waals surface area (Å²) in [6.07, 6.45) is -4.40. The van der Waals surface area contributed by atoms with E-state index in [4.69, 9.17) is 4.74 Å². The lowest BCUT2D eigenvalue weighted by molar-refractivity contribution is -0.137. The van der Waals surface area contributed by atoms with Crippen LogP contribution in [0.5, 0.6) is 5.75 Å². The number of anilines is 1. The van der Waals surface area contributed by atoms with Gasteiger partial charge in [-0.15, -0.1) is 0 Å². The molecule has 0 atom stereocenters. The Morgan fingerprint density at radius 3 is 2.32 bits per heavy atom. The third-order valence-electron chi connectivity index (χ3n) is 3.60. The van der Waals surface area contributed by atoms with Crippen LogP contribution in [0.3, 0.4) is 0 Å². The zero-order valence-corrected chi connectivity index (χ0v) is 13.0. The van der Waals surface area contributed by atoms with Gasteiger partial charge in [0.1, 0.15) is 5.75 Å². The Morgan fingerprint density at radius 1 is 0.920 bits per heavy atom. The van der Waals surface area contributed by atoms with E-state index in [-0.39, 0.29) is 12.3 Å². The van der Waals surface area contributed by atoms with Crippen LogP contribution >= 0.6 is 0 Å². The molecule has 3 aromatic rings. The van der Waals surface area contributed by atoms with E-state index in [1.54, 1.807) is 6.07 Å². The van der Waals surface area contributed by atoms with Gasteiger partial charge in [-0.25, -0.2) is 0 Å². The molecule has 3 aromatic carbocycles. The SMILES string of the molecule is O=C(COc1cccc2ccccc12)Nc1ccc(C(F)(F)F)cc1. The summed E-state index contributed by atoms with van der Waals surface area (Å²) in [5.41, 5.74) is -0.489. The maximum Gasteiger partial charge on any atom is 0.416 e. The Kier molecular flexibility index (Phi) is 4.61. The zero-order valence-electron chi connectivity index (χ0n) is 13.0. The summed E-state index contributed by atoms with van der Waals surface area (Å²) in [5.74, 6) is 0.119. The molecule has 0 spiro atoms. The molecule has 0 fully saturated rings. The number of ether oxygens (including phenoxy) is 1. The number of carbonyl (C=O) groups excluding carboxylic acids is 1. The van der Waals surface area contributed by atoms with Crippen LogP contribution in [0.15, 0.2) is 66.7 Å². The van der Waals surface area contributed by atoms with Crippen LogP contribution in [0.1, 0.15) is 5.56 Å². The number of alkyl halides is 3. The molecule has 0 aliphatic heterocycles. The Morgan fingerprint density at radius 2 is 1.60 bits per heavy atom. The van der Waals surface area contributed by atoms with Gasteiger partial charge in [-0.2, -0.15) is 13.2 Å². The molecule has 0 saturated heterocycles. The quantitative estimate of drug-likeness (QED) is 0.732. The van der Waals surface area contributed by atoms with E-state index in [9.17, 15) is 18.0 Å². The normalized spacial score (nSPS) is 11.3. The number of benzene rings is 3. The first-order valence-electron chi connectivity index (χ1n) is 7.51. The van der Waals surface area contributed by atoms with Gasteiger partial charge in [-0.1, -0.05) is 36.4 Å². The first kappa shape index (κ1) is 16.8. The van der Waals surface area contributed by atoms with Gasteiger partial charge < -0.3 is 10.1 Å². The van der Waals surface area contributed by atoms with Gasteiger partial charge >= 0.3 is 6.18 Å². The van der Waals surface area contributed by atoms with Gasteiger partial charge in [0.15, 0.2) is 6.61 Å². The minimum absolute atomic E-state index is 0.241. The number of carbonyl (C=O) groups is 1. The standard InChI is InChI=1S/C19H14F3NO2/c20-19(21,22)14-8-10-15(11-9-14)23-18(24)12-25-17-7-3-5-13-4-1-2-6-16(13)17/h1-11H,12H2,(H,23,24). The molecule has 3 rings (SSSR count). The molecule has 0 unspecified atom stereocenters. The first-order chi connectivity index (χ1) is 11.9. The summed E-state index contributed by atoms with van der Waals surface area (Å²) in [7, 11) is 0. The van der Waals surface area contributed by atoms with Crippen molar-refractivity contribution in [3.05, 3.63) is 72.3 Å². The van der Waals surface area contributed by atoms with Crippen molar-refractivity contribution in [3.63, 3.8) is 0 Å². The number of halogens is 3. The van der Waals surface area contributed by atoms with Crippen LogP contribution in [0.4, 0.5) is 18.9 Å². The van der Waals surface area contributed by atoms with Crippen LogP contribution in [0, 0.1) is 0 Å². The number of fused-ring (bicyclic) bond motifs is 1. The van der Waals surface area contributed by atoms with Gasteiger partial charge in [0.25, 0.3) is 5.91 Å². The average Bonchev–Trinajstić information content (AvgIpc) is 2.59. The molecule has 0 aliphatic carbocycles. The van der Waals surface area contributed by atoms with Crippen molar-refractivity contribution >= 4 is 22.4 Å². The third-order valence-corrected chi connectivity index (χ3v) is 3.60. The molecule has 1 N–H and O–H groups in total. The second-order valence-electron chi connectivity index (χ2n) is 5.39. The highest BCUT2D eigenvalue weighted by Gasteiger charge is 2.29. The largest absolute Gasteiger partial charge is 0.483 e. The van der Waals surface area contributed by atoms with E-state index < -0.39 is 17.6 Å². The fraction of sp³-hybridized carbons (Fsp3) is 0.105. The van der Waals surface area contributed by atoms with Gasteiger partial charge in [-0.05, 0) is 35.7 Å². The van der Waals surface area contributed by atoms with Crippen molar-refractivity contribution in [1.82, 2.24) is 0 Å². The first-order valence-corrected chi connectivity index (χ1v) is 7.51. The molecule has 1 amide bonds. The van der Waals surface area contributed by atoms with Crippen LogP contribution in [-0.2, 0) is 11.0 Å². The van der Waals surface area contributed by atoms with Crippen molar-refractivity contribution in [2.75, 3.05) is 11.9 Å². The fourth-order valence-corrected chi connectivity index (χ4v) is 2.40. The molecule has 3 nitrogen and oxygen atoms in total. The number of amides is 1. The van der Waals surface area contributed by atoms with Gasteiger partial charge in [0.2, 0.25) is 0 Å². The Bertz CT molecular complexity index is 884. The number of hydrogen-bond acceptors (Lipinski definition) is 2. The monoisotopic (exact) mass is 345 g/mol. The topological polar surface area (TPSA) is 38.3 Å². The molecule has 0 radical (unpaired) electrons. The predicted octanol–water partition coefficient (Wildman–Crippen LogP) is 4.88. The lowest BCUT2D eigenvalue weighted by Crippen LogP contribution is -2.20. The maximum absolute atomic E-state index is 12.5. The van der Waals surface area contributed by atoms with Gasteiger partial charge in [0.05, 0.1) is 5.56 Å².